The fourth-order valence-electron chi connectivity index (χ4n) is 5.53. The first-order valence-electron chi connectivity index (χ1n) is 13.1. The smallest absolute Gasteiger partial charge is 0.254 e. The number of hydrogen-bond donors (Lipinski definition) is 0. The number of hydrogen-bond acceptors (Lipinski definition) is 5. The van der Waals surface area contributed by atoms with Crippen LogP contribution in [0.1, 0.15) is 56.7 Å². The van der Waals surface area contributed by atoms with Gasteiger partial charge in [-0.05, 0) is 70.1 Å². The van der Waals surface area contributed by atoms with E-state index in [-0.39, 0.29) is 30.4 Å². The Hall–Kier alpha value is -2.12. The van der Waals surface area contributed by atoms with Crippen LogP contribution >= 0.6 is 0 Å². The summed E-state index contributed by atoms with van der Waals surface area (Å²) in [5.74, 6) is 0.379. The van der Waals surface area contributed by atoms with Crippen LogP contribution in [0.3, 0.4) is 0 Å². The monoisotopic (exact) mass is 457 g/mol. The molecular formula is C26H40N4O3. The molecule has 7 nitrogen and oxygen atoms in total. The molecule has 4 rings (SSSR count). The number of piperazine rings is 1. The lowest BCUT2D eigenvalue weighted by Crippen LogP contribution is -2.56. The molecular weight excluding hydrogens is 416 g/mol. The molecule has 1 aliphatic carbocycles. The fraction of sp³-hybridized carbons (Fsp3) is 0.692. The highest BCUT2D eigenvalue weighted by atomic mass is 16.5. The van der Waals surface area contributed by atoms with Crippen molar-refractivity contribution in [1.29, 1.82) is 0 Å². The van der Waals surface area contributed by atoms with Gasteiger partial charge in [0, 0.05) is 43.8 Å². The third-order valence-corrected chi connectivity index (χ3v) is 7.70. The maximum atomic E-state index is 13.6. The van der Waals surface area contributed by atoms with E-state index in [1.807, 2.05) is 4.90 Å². The van der Waals surface area contributed by atoms with Crippen molar-refractivity contribution < 1.29 is 15.7 Å². The summed E-state index contributed by atoms with van der Waals surface area (Å²) in [4.78, 5) is 35.5. The number of methoxy groups -OCH3 is 1. The molecule has 2 heterocycles. The minimum absolute atomic E-state index is 0.0296. The number of amides is 2. The van der Waals surface area contributed by atoms with E-state index in [1.165, 1.54) is 19.3 Å². The number of carbonyl (C=O) groups is 2. The van der Waals surface area contributed by atoms with Crippen LogP contribution in [0.2, 0.25) is 0 Å². The highest BCUT2D eigenvalue weighted by Crippen LogP contribution is 2.25. The number of rotatable bonds is 6. The molecule has 3 aliphatic rings. The Morgan fingerprint density at radius 1 is 1.00 bits per heavy atom. The molecule has 1 saturated carbocycles. The van der Waals surface area contributed by atoms with Gasteiger partial charge in [0.05, 0.1) is 8.48 Å². The molecule has 182 valence electrons. The summed E-state index contributed by atoms with van der Waals surface area (Å²) in [6.45, 7) is 5.66. The maximum Gasteiger partial charge on any atom is 0.254 e. The first-order chi connectivity index (χ1) is 16.5. The van der Waals surface area contributed by atoms with Gasteiger partial charge in [-0.1, -0.05) is 19.3 Å². The topological polar surface area (TPSA) is 56.3 Å². The lowest BCUT2D eigenvalue weighted by molar-refractivity contribution is -0.134. The largest absolute Gasteiger partial charge is 0.497 e. The van der Waals surface area contributed by atoms with Crippen molar-refractivity contribution in [3.8, 4) is 5.75 Å². The Morgan fingerprint density at radius 2 is 1.70 bits per heavy atom. The summed E-state index contributed by atoms with van der Waals surface area (Å²) in [6.07, 6.45) is 7.58. The Labute approximate surface area is 200 Å². The average molecular weight is 458 g/mol. The molecule has 2 aliphatic heterocycles. The molecule has 1 aromatic carbocycles. The van der Waals surface area contributed by atoms with Crippen LogP contribution in [0.5, 0.6) is 5.75 Å². The van der Waals surface area contributed by atoms with Crippen molar-refractivity contribution in [2.75, 3.05) is 60.0 Å². The zero-order chi connectivity index (χ0) is 24.1. The summed E-state index contributed by atoms with van der Waals surface area (Å²) in [6, 6.07) is 5.77. The SMILES string of the molecule is [2H]c1cc(OC)ccc1C(=O)N(CC(=O)N1CCN(C2CCN(C)CC2)CC1)C1CCCCC1. The van der Waals surface area contributed by atoms with Crippen molar-refractivity contribution in [3.05, 3.63) is 29.8 Å². The molecule has 0 radical (unpaired) electrons. The minimum atomic E-state index is -0.210. The molecule has 2 saturated heterocycles. The predicted molar refractivity (Wildman–Crippen MR) is 130 cm³/mol. The standard InChI is InChI=1S/C26H40N4O3/c1-27-14-12-22(13-15-27)28-16-18-29(19-17-28)25(31)20-30(23-6-4-3-5-7-23)26(32)21-8-10-24(33-2)11-9-21/h8-11,22-23H,3-7,12-20H2,1-2H3/i8D. The highest BCUT2D eigenvalue weighted by Gasteiger charge is 2.32. The van der Waals surface area contributed by atoms with E-state index < -0.39 is 0 Å². The summed E-state index contributed by atoms with van der Waals surface area (Å²) in [5.41, 5.74) is 0.339. The van der Waals surface area contributed by atoms with E-state index in [0.717, 1.165) is 65.0 Å². The summed E-state index contributed by atoms with van der Waals surface area (Å²) in [5, 5.41) is 0. The van der Waals surface area contributed by atoms with Gasteiger partial charge in [-0.25, -0.2) is 0 Å². The second-order valence-corrected chi connectivity index (χ2v) is 9.82. The van der Waals surface area contributed by atoms with Crippen molar-refractivity contribution in [2.24, 2.45) is 0 Å². The van der Waals surface area contributed by atoms with Crippen LogP contribution in [0.15, 0.2) is 24.2 Å². The number of ether oxygens (including phenoxy) is 1. The van der Waals surface area contributed by atoms with Crippen LogP contribution in [0.4, 0.5) is 0 Å². The second-order valence-electron chi connectivity index (χ2n) is 9.82. The van der Waals surface area contributed by atoms with Gasteiger partial charge < -0.3 is 19.4 Å². The molecule has 0 unspecified atom stereocenters. The van der Waals surface area contributed by atoms with E-state index in [1.54, 1.807) is 30.2 Å². The van der Waals surface area contributed by atoms with Crippen LogP contribution in [0, 0.1) is 0 Å². The number of likely N-dealkylation sites (tertiary alicyclic amines) is 1. The van der Waals surface area contributed by atoms with E-state index in [2.05, 4.69) is 16.8 Å². The normalized spacial score (nSPS) is 22.1. The predicted octanol–water partition coefficient (Wildman–Crippen LogP) is 2.71. The van der Waals surface area contributed by atoms with E-state index in [0.29, 0.717) is 17.4 Å². The zero-order valence-electron chi connectivity index (χ0n) is 21.3. The van der Waals surface area contributed by atoms with E-state index >= 15 is 0 Å². The third-order valence-electron chi connectivity index (χ3n) is 7.70. The molecule has 7 heteroatoms. The van der Waals surface area contributed by atoms with E-state index in [4.69, 9.17) is 6.11 Å². The summed E-state index contributed by atoms with van der Waals surface area (Å²) < 4.78 is 13.5. The Balaban J connectivity index is 1.40. The van der Waals surface area contributed by atoms with Gasteiger partial charge in [-0.3, -0.25) is 14.5 Å². The maximum absolute atomic E-state index is 13.6. The highest BCUT2D eigenvalue weighted by molar-refractivity contribution is 5.96. The molecule has 0 atom stereocenters. The van der Waals surface area contributed by atoms with Crippen molar-refractivity contribution in [2.45, 2.75) is 57.0 Å². The van der Waals surface area contributed by atoms with Gasteiger partial charge in [0.2, 0.25) is 5.91 Å². The van der Waals surface area contributed by atoms with Gasteiger partial charge in [0.1, 0.15) is 12.3 Å². The molecule has 0 spiro atoms. The first-order valence-corrected chi connectivity index (χ1v) is 12.6. The number of nitrogens with zero attached hydrogens (tertiary/aromatic N) is 4. The molecule has 1 aromatic rings. The molecule has 33 heavy (non-hydrogen) atoms. The molecule has 0 bridgehead atoms. The number of piperidine rings is 1. The van der Waals surface area contributed by atoms with Crippen LogP contribution in [0.25, 0.3) is 0 Å². The molecule has 2 amide bonds. The Bertz CT molecular complexity index is 844. The zero-order valence-corrected chi connectivity index (χ0v) is 20.3. The quantitative estimate of drug-likeness (QED) is 0.658. The van der Waals surface area contributed by atoms with Gasteiger partial charge in [-0.15, -0.1) is 0 Å². The van der Waals surface area contributed by atoms with Crippen LogP contribution < -0.4 is 4.74 Å². The molecule has 0 aromatic heterocycles. The van der Waals surface area contributed by atoms with Crippen molar-refractivity contribution >= 4 is 11.8 Å². The average Bonchev–Trinajstić information content (AvgIpc) is 2.87. The molecule has 0 N–H and O–H groups in total. The lowest BCUT2D eigenvalue weighted by Gasteiger charge is -2.43. The Kier molecular flexibility index (Phi) is 7.79. The fourth-order valence-corrected chi connectivity index (χ4v) is 5.53. The lowest BCUT2D eigenvalue weighted by atomic mass is 9.93. The second kappa shape index (κ2) is 11.3. The minimum Gasteiger partial charge on any atom is -0.497 e. The van der Waals surface area contributed by atoms with Crippen molar-refractivity contribution in [1.82, 2.24) is 19.6 Å². The van der Waals surface area contributed by atoms with Crippen LogP contribution in [-0.2, 0) is 4.79 Å². The van der Waals surface area contributed by atoms with Crippen molar-refractivity contribution in [3.63, 3.8) is 0 Å². The first kappa shape index (κ1) is 22.7. The van der Waals surface area contributed by atoms with Gasteiger partial charge in [-0.2, -0.15) is 0 Å². The number of benzene rings is 1. The molecule has 3 fully saturated rings. The van der Waals surface area contributed by atoms with Gasteiger partial charge >= 0.3 is 0 Å². The van der Waals surface area contributed by atoms with Gasteiger partial charge in [0.25, 0.3) is 5.91 Å². The summed E-state index contributed by atoms with van der Waals surface area (Å²) >= 11 is 0. The number of carbonyl (C=O) groups excluding carboxylic acids is 2. The Morgan fingerprint density at radius 3 is 2.33 bits per heavy atom. The van der Waals surface area contributed by atoms with Gasteiger partial charge in [0.15, 0.2) is 0 Å². The van der Waals surface area contributed by atoms with E-state index in [9.17, 15) is 9.59 Å². The van der Waals surface area contributed by atoms with Crippen LogP contribution in [-0.4, -0.2) is 103 Å². The third kappa shape index (κ3) is 6.07. The summed E-state index contributed by atoms with van der Waals surface area (Å²) in [7, 11) is 3.73.